The average molecular weight is 306 g/mol. The summed E-state index contributed by atoms with van der Waals surface area (Å²) in [6, 6.07) is 0. The molecule has 0 aliphatic heterocycles. The lowest BCUT2D eigenvalue weighted by Gasteiger charge is -2.46. The van der Waals surface area contributed by atoms with Crippen LogP contribution in [0.4, 0.5) is 0 Å². The van der Waals surface area contributed by atoms with E-state index in [0.29, 0.717) is 11.8 Å². The molecule has 0 saturated heterocycles. The molecular formula is C19H30O3. The fraction of sp³-hybridized carbons (Fsp3) is 0.789. The van der Waals surface area contributed by atoms with Gasteiger partial charge in [-0.25, -0.2) is 4.79 Å². The maximum atomic E-state index is 12.9. The van der Waals surface area contributed by atoms with E-state index in [1.807, 2.05) is 0 Å². The summed E-state index contributed by atoms with van der Waals surface area (Å²) in [5.74, 6) is 1.62. The Morgan fingerprint density at radius 3 is 2.14 bits per heavy atom. The number of carbonyl (C=O) groups excluding carboxylic acids is 2. The molecule has 22 heavy (non-hydrogen) atoms. The number of hydrogen-bond donors (Lipinski definition) is 0. The summed E-state index contributed by atoms with van der Waals surface area (Å²) in [5, 5.41) is 0. The second-order valence-electron chi connectivity index (χ2n) is 7.53. The van der Waals surface area contributed by atoms with Crippen molar-refractivity contribution in [3.63, 3.8) is 0 Å². The largest absolute Gasteiger partial charge is 0.455 e. The van der Waals surface area contributed by atoms with Crippen LogP contribution in [0.2, 0.25) is 0 Å². The lowest BCUT2D eigenvalue weighted by molar-refractivity contribution is -0.151. The molecule has 2 aliphatic carbocycles. The minimum Gasteiger partial charge on any atom is -0.455 e. The molecular weight excluding hydrogens is 276 g/mol. The molecule has 0 aromatic heterocycles. The number of Topliss-reactive ketones (excluding diaryl/α,β-unsaturated/α-hetero) is 1. The van der Waals surface area contributed by atoms with Gasteiger partial charge in [0.25, 0.3) is 0 Å². The first-order valence-electron chi connectivity index (χ1n) is 8.80. The van der Waals surface area contributed by atoms with Crippen molar-refractivity contribution < 1.29 is 14.3 Å². The third kappa shape index (κ3) is 3.80. The highest BCUT2D eigenvalue weighted by molar-refractivity contribution is 5.89. The number of rotatable bonds is 5. The molecule has 0 spiro atoms. The molecule has 2 rings (SSSR count). The third-order valence-electron chi connectivity index (χ3n) is 6.03. The van der Waals surface area contributed by atoms with E-state index >= 15 is 0 Å². The molecule has 0 radical (unpaired) electrons. The minimum atomic E-state index is -0.495. The molecule has 0 amide bonds. The summed E-state index contributed by atoms with van der Waals surface area (Å²) in [4.78, 5) is 24.2. The molecule has 0 heterocycles. The number of ether oxygens (including phenoxy) is 1. The fourth-order valence-electron chi connectivity index (χ4n) is 4.34. The Labute approximate surface area is 134 Å². The van der Waals surface area contributed by atoms with E-state index in [9.17, 15) is 9.59 Å². The van der Waals surface area contributed by atoms with Gasteiger partial charge in [0, 0.05) is 11.5 Å². The molecule has 0 aromatic carbocycles. The Bertz CT molecular complexity index is 410. The van der Waals surface area contributed by atoms with E-state index in [0.717, 1.165) is 50.5 Å². The first-order valence-corrected chi connectivity index (χ1v) is 8.80. The minimum absolute atomic E-state index is 0.0781. The zero-order valence-electron chi connectivity index (χ0n) is 14.1. The smallest absolute Gasteiger partial charge is 0.330 e. The van der Waals surface area contributed by atoms with Crippen LogP contribution in [-0.4, -0.2) is 18.4 Å². The SMILES string of the molecule is C=CC(=O)OCC(=O)C1(C2CCC(C)CC2)CCC(C)CC1. The highest BCUT2D eigenvalue weighted by Gasteiger charge is 2.47. The Morgan fingerprint density at radius 1 is 1.05 bits per heavy atom. The van der Waals surface area contributed by atoms with E-state index in [1.165, 1.54) is 12.8 Å². The van der Waals surface area contributed by atoms with Gasteiger partial charge >= 0.3 is 5.97 Å². The van der Waals surface area contributed by atoms with Gasteiger partial charge in [0.2, 0.25) is 0 Å². The lowest BCUT2D eigenvalue weighted by atomic mass is 9.57. The van der Waals surface area contributed by atoms with Gasteiger partial charge in [-0.1, -0.05) is 33.3 Å². The highest BCUT2D eigenvalue weighted by atomic mass is 16.5. The molecule has 2 fully saturated rings. The summed E-state index contributed by atoms with van der Waals surface area (Å²) in [6.07, 6.45) is 10.1. The Balaban J connectivity index is 2.09. The van der Waals surface area contributed by atoms with E-state index < -0.39 is 5.97 Å². The number of ketones is 1. The molecule has 0 aromatic rings. The zero-order valence-corrected chi connectivity index (χ0v) is 14.1. The Morgan fingerprint density at radius 2 is 1.59 bits per heavy atom. The van der Waals surface area contributed by atoms with Crippen LogP contribution in [0.25, 0.3) is 0 Å². The normalized spacial score (nSPS) is 35.6. The molecule has 3 heteroatoms. The van der Waals surface area contributed by atoms with Crippen LogP contribution in [0.1, 0.15) is 65.2 Å². The number of carbonyl (C=O) groups is 2. The van der Waals surface area contributed by atoms with E-state index in [1.54, 1.807) is 0 Å². The quantitative estimate of drug-likeness (QED) is 0.561. The van der Waals surface area contributed by atoms with Gasteiger partial charge in [0.15, 0.2) is 12.4 Å². The maximum absolute atomic E-state index is 12.9. The van der Waals surface area contributed by atoms with E-state index in [4.69, 9.17) is 4.74 Å². The van der Waals surface area contributed by atoms with Crippen LogP contribution in [0.5, 0.6) is 0 Å². The van der Waals surface area contributed by atoms with Crippen LogP contribution in [-0.2, 0) is 14.3 Å². The molecule has 0 N–H and O–H groups in total. The summed E-state index contributed by atoms with van der Waals surface area (Å²) in [5.41, 5.74) is -0.242. The van der Waals surface area contributed by atoms with Gasteiger partial charge in [0.1, 0.15) is 0 Å². The predicted octanol–water partition coefficient (Wildman–Crippen LogP) is 4.31. The zero-order chi connectivity index (χ0) is 16.2. The van der Waals surface area contributed by atoms with Gasteiger partial charge < -0.3 is 4.74 Å². The summed E-state index contributed by atoms with van der Waals surface area (Å²) < 4.78 is 5.06. The predicted molar refractivity (Wildman–Crippen MR) is 87.4 cm³/mol. The highest BCUT2D eigenvalue weighted by Crippen LogP contribution is 2.50. The second kappa shape index (κ2) is 7.43. The second-order valence-corrected chi connectivity index (χ2v) is 7.53. The van der Waals surface area contributed by atoms with Crippen LogP contribution >= 0.6 is 0 Å². The Hall–Kier alpha value is -1.12. The summed E-state index contributed by atoms with van der Waals surface area (Å²) in [7, 11) is 0. The molecule has 0 unspecified atom stereocenters. The standard InChI is InChI=1S/C19H30O3/c1-4-18(21)22-13-17(20)19(11-9-15(3)10-12-19)16-7-5-14(2)6-8-16/h4,14-16H,1,5-13H2,2-3H3. The summed E-state index contributed by atoms with van der Waals surface area (Å²) in [6.45, 7) is 7.89. The van der Waals surface area contributed by atoms with Crippen LogP contribution in [0, 0.1) is 23.2 Å². The van der Waals surface area contributed by atoms with Crippen LogP contribution in [0.3, 0.4) is 0 Å². The van der Waals surface area contributed by atoms with Crippen molar-refractivity contribution in [1.29, 1.82) is 0 Å². The maximum Gasteiger partial charge on any atom is 0.330 e. The van der Waals surface area contributed by atoms with Crippen molar-refractivity contribution in [3.8, 4) is 0 Å². The molecule has 2 saturated carbocycles. The lowest BCUT2D eigenvalue weighted by Crippen LogP contribution is -2.45. The van der Waals surface area contributed by atoms with E-state index in [-0.39, 0.29) is 17.8 Å². The van der Waals surface area contributed by atoms with Gasteiger partial charge in [-0.3, -0.25) is 4.79 Å². The van der Waals surface area contributed by atoms with Crippen molar-refractivity contribution in [2.45, 2.75) is 65.2 Å². The van der Waals surface area contributed by atoms with Crippen molar-refractivity contribution in [3.05, 3.63) is 12.7 Å². The van der Waals surface area contributed by atoms with Crippen LogP contribution in [0.15, 0.2) is 12.7 Å². The number of hydrogen-bond acceptors (Lipinski definition) is 3. The molecule has 124 valence electrons. The van der Waals surface area contributed by atoms with Gasteiger partial charge in [-0.15, -0.1) is 0 Å². The van der Waals surface area contributed by atoms with Crippen molar-refractivity contribution in [1.82, 2.24) is 0 Å². The fourth-order valence-corrected chi connectivity index (χ4v) is 4.34. The van der Waals surface area contributed by atoms with Crippen molar-refractivity contribution in [2.75, 3.05) is 6.61 Å². The first kappa shape index (κ1) is 17.2. The van der Waals surface area contributed by atoms with E-state index in [2.05, 4.69) is 20.4 Å². The van der Waals surface area contributed by atoms with Gasteiger partial charge in [-0.05, 0) is 56.3 Å². The van der Waals surface area contributed by atoms with Crippen molar-refractivity contribution in [2.24, 2.45) is 23.2 Å². The third-order valence-corrected chi connectivity index (χ3v) is 6.03. The molecule has 0 atom stereocenters. The van der Waals surface area contributed by atoms with Crippen molar-refractivity contribution >= 4 is 11.8 Å². The first-order chi connectivity index (χ1) is 10.5. The van der Waals surface area contributed by atoms with Gasteiger partial charge in [-0.2, -0.15) is 0 Å². The molecule has 0 bridgehead atoms. The monoisotopic (exact) mass is 306 g/mol. The summed E-state index contributed by atoms with van der Waals surface area (Å²) >= 11 is 0. The molecule has 2 aliphatic rings. The average Bonchev–Trinajstić information content (AvgIpc) is 2.54. The molecule has 3 nitrogen and oxygen atoms in total. The number of esters is 1. The topological polar surface area (TPSA) is 43.4 Å². The van der Waals surface area contributed by atoms with Gasteiger partial charge in [0.05, 0.1) is 0 Å². The van der Waals surface area contributed by atoms with Crippen LogP contribution < -0.4 is 0 Å². The Kier molecular flexibility index (Phi) is 5.82.